The fourth-order valence-electron chi connectivity index (χ4n) is 3.93. The maximum atomic E-state index is 4.53. The number of para-hydroxylation sites is 1. The van der Waals surface area contributed by atoms with Crippen molar-refractivity contribution in [3.63, 3.8) is 0 Å². The lowest BCUT2D eigenvalue weighted by Gasteiger charge is -2.43. The molecule has 0 amide bonds. The normalized spacial score (nSPS) is 15.4. The Hall–Kier alpha value is -2.15. The number of fused-ring (bicyclic) bond motifs is 1. The van der Waals surface area contributed by atoms with Gasteiger partial charge in [0.05, 0.1) is 5.52 Å². The maximum Gasteiger partial charge on any atom is 0.191 e. The van der Waals surface area contributed by atoms with Gasteiger partial charge < -0.3 is 10.6 Å². The van der Waals surface area contributed by atoms with Crippen LogP contribution in [0.2, 0.25) is 0 Å². The molecule has 2 aromatic carbocycles. The molecule has 0 saturated heterocycles. The zero-order chi connectivity index (χ0) is 18.5. The van der Waals surface area contributed by atoms with E-state index in [1.165, 1.54) is 30.4 Å². The molecule has 0 bridgehead atoms. The molecule has 0 spiro atoms. The number of hydrogen-bond acceptors (Lipinski definition) is 2. The Balaban J connectivity index is 0.00000225. The summed E-state index contributed by atoms with van der Waals surface area (Å²) in [6.07, 6.45) is 5.60. The molecule has 5 heteroatoms. The number of pyridine rings is 1. The quantitative estimate of drug-likeness (QED) is 0.314. The zero-order valence-electron chi connectivity index (χ0n) is 16.2. The highest BCUT2D eigenvalue weighted by molar-refractivity contribution is 14.0. The number of nitrogens with zero attached hydrogens (tertiary/aromatic N) is 2. The van der Waals surface area contributed by atoms with E-state index in [4.69, 9.17) is 0 Å². The summed E-state index contributed by atoms with van der Waals surface area (Å²) in [6, 6.07) is 21.2. The first-order chi connectivity index (χ1) is 13.3. The van der Waals surface area contributed by atoms with E-state index in [1.54, 1.807) is 0 Å². The predicted molar refractivity (Wildman–Crippen MR) is 127 cm³/mol. The van der Waals surface area contributed by atoms with Gasteiger partial charge in [-0.1, -0.05) is 61.0 Å². The summed E-state index contributed by atoms with van der Waals surface area (Å²) in [4.78, 5) is 8.94. The van der Waals surface area contributed by atoms with Crippen LogP contribution in [0.5, 0.6) is 0 Å². The van der Waals surface area contributed by atoms with Crippen molar-refractivity contribution in [1.82, 2.24) is 15.6 Å². The van der Waals surface area contributed by atoms with Gasteiger partial charge in [0, 0.05) is 37.1 Å². The Morgan fingerprint density at radius 3 is 2.50 bits per heavy atom. The van der Waals surface area contributed by atoms with E-state index in [0.717, 1.165) is 23.4 Å². The molecular weight excluding hydrogens is 459 g/mol. The highest BCUT2D eigenvalue weighted by atomic mass is 127. The SMILES string of the molecule is CN=C(NCc1cccc2cccnc12)NCC1(c2ccccc2)CCC1.I. The molecule has 1 aromatic heterocycles. The van der Waals surface area contributed by atoms with E-state index < -0.39 is 0 Å². The molecule has 3 aromatic rings. The zero-order valence-corrected chi connectivity index (χ0v) is 18.5. The molecule has 2 N–H and O–H groups in total. The van der Waals surface area contributed by atoms with Crippen molar-refractivity contribution in [2.24, 2.45) is 4.99 Å². The van der Waals surface area contributed by atoms with Crippen LogP contribution in [-0.2, 0) is 12.0 Å². The summed E-state index contributed by atoms with van der Waals surface area (Å²) in [5.41, 5.74) is 3.89. The number of aromatic nitrogens is 1. The highest BCUT2D eigenvalue weighted by Crippen LogP contribution is 2.43. The van der Waals surface area contributed by atoms with E-state index in [2.05, 4.69) is 75.2 Å². The molecular formula is C23H27IN4. The van der Waals surface area contributed by atoms with Crippen LogP contribution >= 0.6 is 24.0 Å². The molecule has 4 nitrogen and oxygen atoms in total. The lowest BCUT2D eigenvalue weighted by molar-refractivity contribution is 0.244. The average molecular weight is 486 g/mol. The van der Waals surface area contributed by atoms with Crippen LogP contribution in [-0.4, -0.2) is 24.5 Å². The number of guanidine groups is 1. The van der Waals surface area contributed by atoms with Gasteiger partial charge in [0.1, 0.15) is 0 Å². The third-order valence-corrected chi connectivity index (χ3v) is 5.68. The van der Waals surface area contributed by atoms with Crippen LogP contribution in [0.15, 0.2) is 71.9 Å². The fraction of sp³-hybridized carbons (Fsp3) is 0.304. The van der Waals surface area contributed by atoms with Crippen LogP contribution in [0.25, 0.3) is 10.9 Å². The molecule has 4 rings (SSSR count). The lowest BCUT2D eigenvalue weighted by Crippen LogP contribution is -2.48. The minimum absolute atomic E-state index is 0. The Morgan fingerprint density at radius 2 is 1.79 bits per heavy atom. The molecule has 1 aliphatic rings. The molecule has 0 radical (unpaired) electrons. The van der Waals surface area contributed by atoms with Crippen LogP contribution in [0.4, 0.5) is 0 Å². The molecule has 146 valence electrons. The third-order valence-electron chi connectivity index (χ3n) is 5.68. The smallest absolute Gasteiger partial charge is 0.191 e. The number of aliphatic imine (C=N–C) groups is 1. The highest BCUT2D eigenvalue weighted by Gasteiger charge is 2.38. The van der Waals surface area contributed by atoms with Crippen molar-refractivity contribution < 1.29 is 0 Å². The third kappa shape index (κ3) is 4.29. The molecule has 0 atom stereocenters. The average Bonchev–Trinajstić information content (AvgIpc) is 2.70. The van der Waals surface area contributed by atoms with Crippen molar-refractivity contribution in [3.05, 3.63) is 78.0 Å². The maximum absolute atomic E-state index is 4.53. The monoisotopic (exact) mass is 486 g/mol. The van der Waals surface area contributed by atoms with E-state index in [9.17, 15) is 0 Å². The second-order valence-electron chi connectivity index (χ2n) is 7.27. The fourth-order valence-corrected chi connectivity index (χ4v) is 3.93. The standard InChI is InChI=1S/C23H26N4.HI/c1-24-22(26-16-19-9-5-8-18-10-6-15-25-21(18)19)27-17-23(13-7-14-23)20-11-3-2-4-12-20;/h2-6,8-12,15H,7,13-14,16-17H2,1H3,(H2,24,26,27);1H. The van der Waals surface area contributed by atoms with Gasteiger partial charge in [-0.3, -0.25) is 9.98 Å². The molecule has 1 heterocycles. The lowest BCUT2D eigenvalue weighted by atomic mass is 9.64. The number of benzene rings is 2. The first-order valence-electron chi connectivity index (χ1n) is 9.63. The first kappa shape index (κ1) is 20.6. The molecule has 28 heavy (non-hydrogen) atoms. The summed E-state index contributed by atoms with van der Waals surface area (Å²) in [5.74, 6) is 0.838. The van der Waals surface area contributed by atoms with Crippen molar-refractivity contribution in [1.29, 1.82) is 0 Å². The summed E-state index contributed by atoms with van der Waals surface area (Å²) in [5, 5.41) is 8.16. The van der Waals surface area contributed by atoms with Crippen molar-refractivity contribution >= 4 is 40.8 Å². The van der Waals surface area contributed by atoms with Crippen LogP contribution in [0.1, 0.15) is 30.4 Å². The van der Waals surface area contributed by atoms with Gasteiger partial charge in [0.25, 0.3) is 0 Å². The largest absolute Gasteiger partial charge is 0.356 e. The number of hydrogen-bond donors (Lipinski definition) is 2. The van der Waals surface area contributed by atoms with Crippen molar-refractivity contribution in [2.75, 3.05) is 13.6 Å². The predicted octanol–water partition coefficient (Wildman–Crippen LogP) is 4.64. The van der Waals surface area contributed by atoms with Crippen molar-refractivity contribution in [2.45, 2.75) is 31.2 Å². The number of halogens is 1. The second-order valence-corrected chi connectivity index (χ2v) is 7.27. The van der Waals surface area contributed by atoms with Gasteiger partial charge in [-0.05, 0) is 30.0 Å². The van der Waals surface area contributed by atoms with Crippen LogP contribution in [0, 0.1) is 0 Å². The van der Waals surface area contributed by atoms with E-state index >= 15 is 0 Å². The molecule has 1 aliphatic carbocycles. The van der Waals surface area contributed by atoms with Gasteiger partial charge >= 0.3 is 0 Å². The second kappa shape index (κ2) is 9.37. The van der Waals surface area contributed by atoms with E-state index in [0.29, 0.717) is 6.54 Å². The van der Waals surface area contributed by atoms with Crippen LogP contribution in [0.3, 0.4) is 0 Å². The van der Waals surface area contributed by atoms with Gasteiger partial charge in [0.2, 0.25) is 0 Å². The first-order valence-corrected chi connectivity index (χ1v) is 9.63. The summed E-state index contributed by atoms with van der Waals surface area (Å²) < 4.78 is 0. The van der Waals surface area contributed by atoms with E-state index in [1.807, 2.05) is 19.3 Å². The van der Waals surface area contributed by atoms with Gasteiger partial charge in [-0.25, -0.2) is 0 Å². The molecule has 0 unspecified atom stereocenters. The number of nitrogens with one attached hydrogen (secondary N) is 2. The topological polar surface area (TPSA) is 49.3 Å². The molecule has 1 saturated carbocycles. The van der Waals surface area contributed by atoms with Gasteiger partial charge in [0.15, 0.2) is 5.96 Å². The minimum atomic E-state index is 0. The Morgan fingerprint density at radius 1 is 1.00 bits per heavy atom. The van der Waals surface area contributed by atoms with Gasteiger partial charge in [-0.2, -0.15) is 0 Å². The van der Waals surface area contributed by atoms with E-state index in [-0.39, 0.29) is 29.4 Å². The Bertz CT molecular complexity index is 930. The minimum Gasteiger partial charge on any atom is -0.356 e. The molecule has 1 fully saturated rings. The molecule has 0 aliphatic heterocycles. The summed E-state index contributed by atoms with van der Waals surface area (Å²) in [7, 11) is 1.83. The van der Waals surface area contributed by atoms with Gasteiger partial charge in [-0.15, -0.1) is 24.0 Å². The Labute approximate surface area is 183 Å². The summed E-state index contributed by atoms with van der Waals surface area (Å²) in [6.45, 7) is 1.61. The Kier molecular flexibility index (Phi) is 6.88. The van der Waals surface area contributed by atoms with Crippen molar-refractivity contribution in [3.8, 4) is 0 Å². The number of rotatable bonds is 5. The summed E-state index contributed by atoms with van der Waals surface area (Å²) >= 11 is 0. The van der Waals surface area contributed by atoms with Crippen LogP contribution < -0.4 is 10.6 Å².